The van der Waals surface area contributed by atoms with Crippen molar-refractivity contribution in [2.24, 2.45) is 0 Å². The van der Waals surface area contributed by atoms with Crippen molar-refractivity contribution in [3.63, 3.8) is 0 Å². The van der Waals surface area contributed by atoms with Crippen LogP contribution in [0.2, 0.25) is 6.04 Å². The van der Waals surface area contributed by atoms with Crippen LogP contribution in [0.1, 0.15) is 6.92 Å². The minimum Gasteiger partial charge on any atom is -0.466 e. The topological polar surface area (TPSA) is 38.8 Å². The van der Waals surface area contributed by atoms with Crippen LogP contribution in [-0.2, 0) is 14.0 Å². The molecule has 0 rings (SSSR count). The summed E-state index contributed by atoms with van der Waals surface area (Å²) in [6.07, 6.45) is 0. The van der Waals surface area contributed by atoms with Crippen LogP contribution in [0.4, 0.5) is 0 Å². The quantitative estimate of drug-likeness (QED) is 0.247. The molecule has 0 saturated carbocycles. The number of nitrogens with zero attached hydrogens (tertiary/aromatic N) is 1. The Hall–Kier alpha value is -0.393. The minimum atomic E-state index is -0.493. The number of hydrogen-bond acceptors (Lipinski definition) is 4. The van der Waals surface area contributed by atoms with Crippen LogP contribution < -0.4 is 0 Å². The Labute approximate surface area is 75.8 Å². The summed E-state index contributed by atoms with van der Waals surface area (Å²) < 4.78 is 10.1. The summed E-state index contributed by atoms with van der Waals surface area (Å²) in [5.74, 6) is -0.211. The van der Waals surface area contributed by atoms with E-state index in [9.17, 15) is 4.79 Å². The lowest BCUT2D eigenvalue weighted by Crippen LogP contribution is -2.18. The van der Waals surface area contributed by atoms with Gasteiger partial charge in [0.15, 0.2) is 9.76 Å². The second-order valence-corrected chi connectivity index (χ2v) is 4.33. The van der Waals surface area contributed by atoms with Crippen LogP contribution in [0.15, 0.2) is 0 Å². The Morgan fingerprint density at radius 1 is 1.50 bits per heavy atom. The molecule has 0 aromatic carbocycles. The maximum atomic E-state index is 10.3. The summed E-state index contributed by atoms with van der Waals surface area (Å²) in [7, 11) is 3.42. The van der Waals surface area contributed by atoms with E-state index in [1.807, 2.05) is 19.0 Å². The molecule has 0 radical (unpaired) electrons. The van der Waals surface area contributed by atoms with Crippen LogP contribution in [0.5, 0.6) is 0 Å². The molecular formula is C7H17NO3Si. The fourth-order valence-corrected chi connectivity index (χ4v) is 1.58. The molecule has 0 unspecified atom stereocenters. The Kier molecular flexibility index (Phi) is 7.03. The van der Waals surface area contributed by atoms with Crippen LogP contribution in [0.3, 0.4) is 0 Å². The van der Waals surface area contributed by atoms with E-state index < -0.39 is 9.76 Å². The molecule has 72 valence electrons. The molecule has 4 nitrogen and oxygen atoms in total. The smallest absolute Gasteiger partial charge is 0.302 e. The van der Waals surface area contributed by atoms with Gasteiger partial charge in [0, 0.05) is 6.92 Å². The van der Waals surface area contributed by atoms with Crippen molar-refractivity contribution in [2.45, 2.75) is 13.0 Å². The van der Waals surface area contributed by atoms with E-state index in [0.29, 0.717) is 13.3 Å². The van der Waals surface area contributed by atoms with Gasteiger partial charge in [0.25, 0.3) is 0 Å². The number of carbonyl (C=O) groups excluding carboxylic acids is 1. The lowest BCUT2D eigenvalue weighted by atomic mass is 10.8. The third kappa shape index (κ3) is 9.61. The van der Waals surface area contributed by atoms with Gasteiger partial charge in [-0.15, -0.1) is 0 Å². The molecule has 0 spiro atoms. The van der Waals surface area contributed by atoms with E-state index in [-0.39, 0.29) is 5.97 Å². The van der Waals surface area contributed by atoms with E-state index >= 15 is 0 Å². The molecule has 5 heteroatoms. The van der Waals surface area contributed by atoms with Gasteiger partial charge in [-0.25, -0.2) is 0 Å². The lowest BCUT2D eigenvalue weighted by molar-refractivity contribution is -0.140. The minimum absolute atomic E-state index is 0.211. The zero-order chi connectivity index (χ0) is 9.40. The Balaban J connectivity index is 2.96. The van der Waals surface area contributed by atoms with E-state index in [1.165, 1.54) is 6.92 Å². The number of rotatable bonds is 6. The van der Waals surface area contributed by atoms with Gasteiger partial charge in [0.1, 0.15) is 0 Å². The molecule has 0 aliphatic carbocycles. The molecule has 0 aliphatic rings. The average molecular weight is 191 g/mol. The number of hydrogen-bond donors (Lipinski definition) is 0. The van der Waals surface area contributed by atoms with Crippen molar-refractivity contribution in [3.05, 3.63) is 0 Å². The summed E-state index contributed by atoms with van der Waals surface area (Å²) in [5.41, 5.74) is 0. The number of esters is 1. The van der Waals surface area contributed by atoms with Gasteiger partial charge < -0.3 is 9.16 Å². The van der Waals surface area contributed by atoms with Gasteiger partial charge in [-0.1, -0.05) is 0 Å². The van der Waals surface area contributed by atoms with E-state index in [2.05, 4.69) is 0 Å². The summed E-state index contributed by atoms with van der Waals surface area (Å²) in [6, 6.07) is 0.896. The highest BCUT2D eigenvalue weighted by Crippen LogP contribution is 1.85. The third-order valence-electron chi connectivity index (χ3n) is 1.09. The van der Waals surface area contributed by atoms with E-state index in [0.717, 1.165) is 6.04 Å². The molecular weight excluding hydrogens is 174 g/mol. The Morgan fingerprint density at radius 3 is 2.67 bits per heavy atom. The Bertz CT molecular complexity index is 130. The van der Waals surface area contributed by atoms with Gasteiger partial charge in [-0.05, 0) is 20.1 Å². The molecule has 0 amide bonds. The molecule has 0 heterocycles. The highest BCUT2D eigenvalue weighted by atomic mass is 28.2. The average Bonchev–Trinajstić information content (AvgIpc) is 1.95. The van der Waals surface area contributed by atoms with Gasteiger partial charge in [-0.3, -0.25) is 9.69 Å². The first-order chi connectivity index (χ1) is 5.63. The summed E-state index contributed by atoms with van der Waals surface area (Å²) in [6.45, 7) is 2.60. The second-order valence-electron chi connectivity index (χ2n) is 2.81. The Morgan fingerprint density at radius 2 is 2.17 bits per heavy atom. The predicted octanol–water partition coefficient (Wildman–Crippen LogP) is -0.413. The first-order valence-electron chi connectivity index (χ1n) is 3.98. The maximum absolute atomic E-state index is 10.3. The van der Waals surface area contributed by atoms with Gasteiger partial charge >= 0.3 is 5.97 Å². The normalized spacial score (nSPS) is 11.3. The molecule has 0 aromatic heterocycles. The zero-order valence-electron chi connectivity index (χ0n) is 8.00. The molecule has 0 aromatic rings. The molecule has 0 N–H and O–H groups in total. The summed E-state index contributed by atoms with van der Waals surface area (Å²) >= 11 is 0. The van der Waals surface area contributed by atoms with Crippen molar-refractivity contribution in [3.8, 4) is 0 Å². The summed E-state index contributed by atoms with van der Waals surface area (Å²) in [4.78, 5) is 12.3. The molecule has 0 bridgehead atoms. The number of carbonyl (C=O) groups is 1. The molecule has 0 fully saturated rings. The molecule has 12 heavy (non-hydrogen) atoms. The standard InChI is InChI=1S/C7H17NO3Si/c1-7(9)10-4-5-12-11-6-8(2)3/h4-6,12H2,1-3H3. The van der Waals surface area contributed by atoms with Crippen LogP contribution in [0, 0.1) is 0 Å². The molecule has 0 atom stereocenters. The lowest BCUT2D eigenvalue weighted by Gasteiger charge is -2.09. The fraction of sp³-hybridized carbons (Fsp3) is 0.857. The zero-order valence-corrected chi connectivity index (χ0v) is 9.41. The fourth-order valence-electron chi connectivity index (χ4n) is 0.624. The van der Waals surface area contributed by atoms with Gasteiger partial charge in [0.05, 0.1) is 13.3 Å². The van der Waals surface area contributed by atoms with Gasteiger partial charge in [0.2, 0.25) is 0 Å². The highest BCUT2D eigenvalue weighted by Gasteiger charge is 1.94. The van der Waals surface area contributed by atoms with Crippen LogP contribution in [0.25, 0.3) is 0 Å². The van der Waals surface area contributed by atoms with Crippen molar-refractivity contribution < 1.29 is 14.0 Å². The van der Waals surface area contributed by atoms with Gasteiger partial charge in [-0.2, -0.15) is 0 Å². The molecule has 0 saturated heterocycles. The largest absolute Gasteiger partial charge is 0.466 e. The van der Waals surface area contributed by atoms with Crippen LogP contribution in [-0.4, -0.2) is 48.1 Å². The first-order valence-corrected chi connectivity index (χ1v) is 5.56. The maximum Gasteiger partial charge on any atom is 0.302 e. The second kappa shape index (κ2) is 7.27. The van der Waals surface area contributed by atoms with E-state index in [4.69, 9.17) is 9.16 Å². The molecule has 0 aliphatic heterocycles. The highest BCUT2D eigenvalue weighted by molar-refractivity contribution is 6.27. The predicted molar refractivity (Wildman–Crippen MR) is 49.6 cm³/mol. The van der Waals surface area contributed by atoms with E-state index in [1.54, 1.807) is 0 Å². The third-order valence-corrected chi connectivity index (χ3v) is 2.14. The van der Waals surface area contributed by atoms with Crippen molar-refractivity contribution in [2.75, 3.05) is 27.4 Å². The first kappa shape index (κ1) is 11.6. The van der Waals surface area contributed by atoms with Crippen molar-refractivity contribution in [1.29, 1.82) is 0 Å². The van der Waals surface area contributed by atoms with Crippen LogP contribution >= 0.6 is 0 Å². The van der Waals surface area contributed by atoms with Crippen molar-refractivity contribution in [1.82, 2.24) is 4.90 Å². The monoisotopic (exact) mass is 191 g/mol. The number of ether oxygens (including phenoxy) is 1. The van der Waals surface area contributed by atoms with Crippen molar-refractivity contribution >= 4 is 15.7 Å². The summed E-state index contributed by atoms with van der Waals surface area (Å²) in [5, 5.41) is 0. The SMILES string of the molecule is CC(=O)OCC[SiH2]OCN(C)C.